The molecule has 0 N–H and O–H groups in total. The first kappa shape index (κ1) is 9.72. The lowest BCUT2D eigenvalue weighted by atomic mass is 10.5. The van der Waals surface area contributed by atoms with Crippen LogP contribution in [0.25, 0.3) is 0 Å². The molecule has 0 atom stereocenters. The third-order valence-corrected chi connectivity index (χ3v) is 1.04. The molecule has 0 heterocycles. The third-order valence-electron chi connectivity index (χ3n) is 0.849. The van der Waals surface area contributed by atoms with E-state index in [2.05, 4.69) is 9.47 Å². The minimum absolute atomic E-state index is 0.269. The molecular formula is C6H11ClO3. The van der Waals surface area contributed by atoms with Crippen LogP contribution in [0.15, 0.2) is 0 Å². The number of methoxy groups -OCH3 is 1. The minimum atomic E-state index is -0.271. The molecule has 0 aliphatic carbocycles. The van der Waals surface area contributed by atoms with Crippen LogP contribution in [-0.2, 0) is 14.3 Å². The summed E-state index contributed by atoms with van der Waals surface area (Å²) >= 11 is 5.28. The van der Waals surface area contributed by atoms with Crippen LogP contribution in [0.3, 0.4) is 0 Å². The highest BCUT2D eigenvalue weighted by Crippen LogP contribution is 1.88. The second-order valence-corrected chi connectivity index (χ2v) is 2.03. The fraction of sp³-hybridized carbons (Fsp3) is 0.833. The highest BCUT2D eigenvalue weighted by Gasteiger charge is 1.98. The van der Waals surface area contributed by atoms with Gasteiger partial charge in [0.05, 0.1) is 13.0 Å². The van der Waals surface area contributed by atoms with E-state index in [1.165, 1.54) is 0 Å². The largest absolute Gasteiger partial charge is 0.463 e. The van der Waals surface area contributed by atoms with Crippen molar-refractivity contribution in [3.8, 4) is 0 Å². The van der Waals surface area contributed by atoms with E-state index in [1.54, 1.807) is 7.11 Å². The second kappa shape index (κ2) is 6.83. The average Bonchev–Trinajstić information content (AvgIpc) is 1.89. The average molecular weight is 167 g/mol. The third kappa shape index (κ3) is 5.85. The highest BCUT2D eigenvalue weighted by molar-refractivity contribution is 6.18. The summed E-state index contributed by atoms with van der Waals surface area (Å²) in [5.41, 5.74) is 0. The first-order valence-electron chi connectivity index (χ1n) is 3.01. The molecule has 60 valence electrons. The van der Waals surface area contributed by atoms with Gasteiger partial charge in [-0.2, -0.15) is 0 Å². The zero-order valence-corrected chi connectivity index (χ0v) is 6.69. The molecule has 0 radical (unpaired) electrons. The Balaban J connectivity index is 3.05. The van der Waals surface area contributed by atoms with E-state index >= 15 is 0 Å². The molecule has 0 aromatic carbocycles. The summed E-state index contributed by atoms with van der Waals surface area (Å²) in [5, 5.41) is 0. The van der Waals surface area contributed by atoms with Gasteiger partial charge in [0.1, 0.15) is 6.61 Å². The number of rotatable bonds is 5. The van der Waals surface area contributed by atoms with Crippen molar-refractivity contribution in [3.05, 3.63) is 0 Å². The van der Waals surface area contributed by atoms with Gasteiger partial charge in [-0.05, 0) is 0 Å². The molecule has 10 heavy (non-hydrogen) atoms. The standard InChI is InChI=1S/C6H11ClO3/c1-9-4-5-10-6(8)2-3-7/h2-5H2,1H3. The molecular weight excluding hydrogens is 156 g/mol. The lowest BCUT2D eigenvalue weighted by Gasteiger charge is -2.00. The maximum atomic E-state index is 10.6. The van der Waals surface area contributed by atoms with Crippen LogP contribution in [0.5, 0.6) is 0 Å². The molecule has 0 aliphatic rings. The van der Waals surface area contributed by atoms with Gasteiger partial charge in [0.15, 0.2) is 0 Å². The Morgan fingerprint density at radius 2 is 2.20 bits per heavy atom. The number of halogens is 1. The molecule has 0 aromatic heterocycles. The number of carbonyl (C=O) groups is 1. The number of ether oxygens (including phenoxy) is 2. The van der Waals surface area contributed by atoms with Gasteiger partial charge in [-0.1, -0.05) is 0 Å². The fourth-order valence-corrected chi connectivity index (χ4v) is 0.542. The zero-order chi connectivity index (χ0) is 7.82. The van der Waals surface area contributed by atoms with Crippen molar-refractivity contribution in [1.82, 2.24) is 0 Å². The lowest BCUT2D eigenvalue weighted by Crippen LogP contribution is -2.09. The van der Waals surface area contributed by atoms with Crippen LogP contribution in [0.2, 0.25) is 0 Å². The van der Waals surface area contributed by atoms with E-state index in [1.807, 2.05) is 0 Å². The van der Waals surface area contributed by atoms with Crippen LogP contribution in [0, 0.1) is 0 Å². The number of esters is 1. The number of carbonyl (C=O) groups excluding carboxylic acids is 1. The van der Waals surface area contributed by atoms with E-state index in [4.69, 9.17) is 11.6 Å². The molecule has 0 aliphatic heterocycles. The van der Waals surface area contributed by atoms with Crippen molar-refractivity contribution < 1.29 is 14.3 Å². The van der Waals surface area contributed by atoms with Gasteiger partial charge in [0.25, 0.3) is 0 Å². The first-order valence-corrected chi connectivity index (χ1v) is 3.55. The molecule has 0 saturated heterocycles. The molecule has 0 saturated carbocycles. The summed E-state index contributed by atoms with van der Waals surface area (Å²) in [5.74, 6) is 0.0401. The summed E-state index contributed by atoms with van der Waals surface area (Å²) in [6, 6.07) is 0. The van der Waals surface area contributed by atoms with Crippen molar-refractivity contribution in [2.24, 2.45) is 0 Å². The van der Waals surface area contributed by atoms with Gasteiger partial charge >= 0.3 is 5.97 Å². The maximum absolute atomic E-state index is 10.6. The Morgan fingerprint density at radius 1 is 1.50 bits per heavy atom. The Hall–Kier alpha value is -0.280. The predicted molar refractivity (Wildman–Crippen MR) is 38.2 cm³/mol. The quantitative estimate of drug-likeness (QED) is 0.345. The van der Waals surface area contributed by atoms with E-state index in [9.17, 15) is 4.79 Å². The van der Waals surface area contributed by atoms with E-state index in [0.717, 1.165) is 0 Å². The normalized spacial score (nSPS) is 9.40. The maximum Gasteiger partial charge on any atom is 0.307 e. The molecule has 0 amide bonds. The summed E-state index contributed by atoms with van der Waals surface area (Å²) < 4.78 is 9.33. The zero-order valence-electron chi connectivity index (χ0n) is 5.93. The van der Waals surface area contributed by atoms with E-state index in [-0.39, 0.29) is 12.4 Å². The summed E-state index contributed by atoms with van der Waals surface area (Å²) in [4.78, 5) is 10.6. The molecule has 0 spiro atoms. The first-order chi connectivity index (χ1) is 4.81. The number of hydrogen-bond acceptors (Lipinski definition) is 3. The van der Waals surface area contributed by atoms with Crippen LogP contribution in [-0.4, -0.2) is 32.2 Å². The van der Waals surface area contributed by atoms with Crippen LogP contribution < -0.4 is 0 Å². The number of alkyl halides is 1. The fourth-order valence-electron chi connectivity index (χ4n) is 0.388. The predicted octanol–water partition coefficient (Wildman–Crippen LogP) is 0.805. The topological polar surface area (TPSA) is 35.5 Å². The Bertz CT molecular complexity index is 95.0. The van der Waals surface area contributed by atoms with Crippen molar-refractivity contribution in [3.63, 3.8) is 0 Å². The van der Waals surface area contributed by atoms with Crippen molar-refractivity contribution in [1.29, 1.82) is 0 Å². The van der Waals surface area contributed by atoms with Crippen molar-refractivity contribution in [2.75, 3.05) is 26.2 Å². The Morgan fingerprint density at radius 3 is 2.70 bits per heavy atom. The molecule has 0 aromatic rings. The lowest BCUT2D eigenvalue weighted by molar-refractivity contribution is -0.144. The molecule has 0 unspecified atom stereocenters. The molecule has 0 bridgehead atoms. The van der Waals surface area contributed by atoms with Crippen LogP contribution in [0.1, 0.15) is 6.42 Å². The van der Waals surface area contributed by atoms with E-state index in [0.29, 0.717) is 19.1 Å². The smallest absolute Gasteiger partial charge is 0.307 e. The van der Waals surface area contributed by atoms with Gasteiger partial charge in [-0.25, -0.2) is 0 Å². The van der Waals surface area contributed by atoms with Crippen LogP contribution in [0.4, 0.5) is 0 Å². The van der Waals surface area contributed by atoms with Gasteiger partial charge < -0.3 is 9.47 Å². The molecule has 0 fully saturated rings. The monoisotopic (exact) mass is 166 g/mol. The summed E-state index contributed by atoms with van der Waals surface area (Å²) in [6.07, 6.45) is 0.269. The second-order valence-electron chi connectivity index (χ2n) is 1.65. The van der Waals surface area contributed by atoms with Gasteiger partial charge in [-0.3, -0.25) is 4.79 Å². The SMILES string of the molecule is COCCOC(=O)CCCl. The Labute approximate surface area is 65.3 Å². The molecule has 3 nitrogen and oxygen atoms in total. The Kier molecular flexibility index (Phi) is 6.64. The summed E-state index contributed by atoms with van der Waals surface area (Å²) in [7, 11) is 1.55. The number of hydrogen-bond donors (Lipinski definition) is 0. The summed E-state index contributed by atoms with van der Waals surface area (Å²) in [6.45, 7) is 0.750. The molecule has 4 heteroatoms. The van der Waals surface area contributed by atoms with Crippen molar-refractivity contribution in [2.45, 2.75) is 6.42 Å². The highest BCUT2D eigenvalue weighted by atomic mass is 35.5. The van der Waals surface area contributed by atoms with Gasteiger partial charge in [-0.15, -0.1) is 11.6 Å². The molecule has 0 rings (SSSR count). The van der Waals surface area contributed by atoms with Crippen LogP contribution >= 0.6 is 11.6 Å². The van der Waals surface area contributed by atoms with Gasteiger partial charge in [0, 0.05) is 13.0 Å². The van der Waals surface area contributed by atoms with Gasteiger partial charge in [0.2, 0.25) is 0 Å². The van der Waals surface area contributed by atoms with Crippen molar-refractivity contribution >= 4 is 17.6 Å². The minimum Gasteiger partial charge on any atom is -0.463 e. The van der Waals surface area contributed by atoms with E-state index < -0.39 is 0 Å².